The van der Waals surface area contributed by atoms with Crippen molar-refractivity contribution in [1.29, 1.82) is 0 Å². The van der Waals surface area contributed by atoms with Crippen LogP contribution in [0.4, 0.5) is 9.52 Å². The fourth-order valence-corrected chi connectivity index (χ4v) is 3.59. The second-order valence-electron chi connectivity index (χ2n) is 6.76. The molecule has 1 saturated heterocycles. The van der Waals surface area contributed by atoms with Crippen molar-refractivity contribution in [3.63, 3.8) is 0 Å². The fraction of sp³-hybridized carbons (Fsp3) is 0.500. The van der Waals surface area contributed by atoms with Gasteiger partial charge in [0.2, 0.25) is 11.0 Å². The van der Waals surface area contributed by atoms with Crippen molar-refractivity contribution in [2.45, 2.75) is 26.7 Å². The first-order valence-corrected chi connectivity index (χ1v) is 9.38. The number of hydrogen-bond acceptors (Lipinski definition) is 5. The number of rotatable bonds is 5. The molecular formula is C18H23FN4OS. The number of amides is 1. The van der Waals surface area contributed by atoms with Crippen LogP contribution in [0.2, 0.25) is 0 Å². The summed E-state index contributed by atoms with van der Waals surface area (Å²) < 4.78 is 17.4. The minimum Gasteiger partial charge on any atom is -0.343 e. The van der Waals surface area contributed by atoms with Gasteiger partial charge in [-0.05, 0) is 23.6 Å². The van der Waals surface area contributed by atoms with E-state index in [2.05, 4.69) is 28.1 Å². The number of benzene rings is 1. The zero-order valence-corrected chi connectivity index (χ0v) is 15.4. The first kappa shape index (κ1) is 17.8. The summed E-state index contributed by atoms with van der Waals surface area (Å²) in [4.78, 5) is 20.9. The van der Waals surface area contributed by atoms with Crippen LogP contribution in [0.3, 0.4) is 0 Å². The van der Waals surface area contributed by atoms with Gasteiger partial charge in [0, 0.05) is 50.6 Å². The lowest BCUT2D eigenvalue weighted by Gasteiger charge is -2.34. The summed E-state index contributed by atoms with van der Waals surface area (Å²) in [6, 6.07) is 6.43. The molecule has 0 spiro atoms. The number of carbonyl (C=O) groups is 1. The first-order chi connectivity index (χ1) is 12.0. The Hall–Kier alpha value is -2.02. The van der Waals surface area contributed by atoms with Crippen molar-refractivity contribution in [3.8, 4) is 0 Å². The SMILES string of the molecule is CC(C)CC(=O)N1CCN(c2nc(Cc3ccc(F)cc3)ns2)CC1. The molecule has 25 heavy (non-hydrogen) atoms. The molecule has 0 bridgehead atoms. The van der Waals surface area contributed by atoms with Crippen LogP contribution in [-0.2, 0) is 11.2 Å². The van der Waals surface area contributed by atoms with Gasteiger partial charge in [0.15, 0.2) is 0 Å². The first-order valence-electron chi connectivity index (χ1n) is 8.61. The maximum Gasteiger partial charge on any atom is 0.222 e. The number of carbonyl (C=O) groups excluding carboxylic acids is 1. The molecule has 0 atom stereocenters. The summed E-state index contributed by atoms with van der Waals surface area (Å²) in [7, 11) is 0. The molecule has 5 nitrogen and oxygen atoms in total. The number of piperazine rings is 1. The molecule has 1 aliphatic rings. The fourth-order valence-electron chi connectivity index (χ4n) is 2.86. The molecule has 1 aromatic carbocycles. The topological polar surface area (TPSA) is 49.3 Å². The van der Waals surface area contributed by atoms with E-state index in [-0.39, 0.29) is 11.7 Å². The quantitative estimate of drug-likeness (QED) is 0.821. The molecule has 0 unspecified atom stereocenters. The molecular weight excluding hydrogens is 339 g/mol. The Morgan fingerprint density at radius 1 is 1.20 bits per heavy atom. The maximum atomic E-state index is 13.0. The van der Waals surface area contributed by atoms with Gasteiger partial charge in [-0.3, -0.25) is 4.79 Å². The van der Waals surface area contributed by atoms with Crippen molar-refractivity contribution in [3.05, 3.63) is 41.5 Å². The van der Waals surface area contributed by atoms with Gasteiger partial charge in [-0.15, -0.1) is 0 Å². The highest BCUT2D eigenvalue weighted by atomic mass is 32.1. The van der Waals surface area contributed by atoms with Crippen molar-refractivity contribution >= 4 is 22.6 Å². The second-order valence-corrected chi connectivity index (χ2v) is 7.49. The number of anilines is 1. The van der Waals surface area contributed by atoms with Crippen molar-refractivity contribution < 1.29 is 9.18 Å². The third kappa shape index (κ3) is 4.75. The summed E-state index contributed by atoms with van der Waals surface area (Å²) in [5.41, 5.74) is 0.995. The molecule has 3 rings (SSSR count). The molecule has 0 saturated carbocycles. The summed E-state index contributed by atoms with van der Waals surface area (Å²) in [5.74, 6) is 1.15. The lowest BCUT2D eigenvalue weighted by atomic mass is 10.1. The number of halogens is 1. The molecule has 1 aromatic heterocycles. The Balaban J connectivity index is 1.55. The van der Waals surface area contributed by atoms with Crippen LogP contribution in [0.25, 0.3) is 0 Å². The Bertz CT molecular complexity index is 708. The van der Waals surface area contributed by atoms with Gasteiger partial charge >= 0.3 is 0 Å². The van der Waals surface area contributed by atoms with Crippen LogP contribution < -0.4 is 4.90 Å². The zero-order valence-electron chi connectivity index (χ0n) is 14.6. The molecule has 7 heteroatoms. The van der Waals surface area contributed by atoms with Gasteiger partial charge in [-0.25, -0.2) is 9.37 Å². The van der Waals surface area contributed by atoms with Gasteiger partial charge in [0.25, 0.3) is 0 Å². The number of hydrogen-bond donors (Lipinski definition) is 0. The van der Waals surface area contributed by atoms with Crippen LogP contribution in [0, 0.1) is 11.7 Å². The average molecular weight is 362 g/mol. The van der Waals surface area contributed by atoms with E-state index in [1.807, 2.05) is 4.90 Å². The van der Waals surface area contributed by atoms with E-state index in [1.165, 1.54) is 23.7 Å². The van der Waals surface area contributed by atoms with Gasteiger partial charge in [0.05, 0.1) is 0 Å². The molecule has 0 N–H and O–H groups in total. The van der Waals surface area contributed by atoms with Crippen LogP contribution in [-0.4, -0.2) is 46.3 Å². The minimum atomic E-state index is -0.236. The predicted octanol–water partition coefficient (Wildman–Crippen LogP) is 2.96. The third-order valence-electron chi connectivity index (χ3n) is 4.22. The molecule has 1 aliphatic heterocycles. The standard InChI is InChI=1S/C18H23FN4OS/c1-13(2)11-17(24)22-7-9-23(10-8-22)18-20-16(21-25-18)12-14-3-5-15(19)6-4-14/h3-6,13H,7-12H2,1-2H3. The monoisotopic (exact) mass is 362 g/mol. The highest BCUT2D eigenvalue weighted by molar-refractivity contribution is 7.09. The Morgan fingerprint density at radius 2 is 1.88 bits per heavy atom. The normalized spacial score (nSPS) is 15.0. The van der Waals surface area contributed by atoms with Crippen LogP contribution in [0.5, 0.6) is 0 Å². The second kappa shape index (κ2) is 7.91. The van der Waals surface area contributed by atoms with Crippen molar-refractivity contribution in [1.82, 2.24) is 14.3 Å². The molecule has 134 valence electrons. The van der Waals surface area contributed by atoms with Crippen molar-refractivity contribution in [2.75, 3.05) is 31.1 Å². The zero-order chi connectivity index (χ0) is 17.8. The Labute approximate surface area is 151 Å². The Kier molecular flexibility index (Phi) is 5.63. The number of aromatic nitrogens is 2. The smallest absolute Gasteiger partial charge is 0.222 e. The highest BCUT2D eigenvalue weighted by Crippen LogP contribution is 2.21. The molecule has 1 amide bonds. The van der Waals surface area contributed by atoms with E-state index in [4.69, 9.17) is 0 Å². The van der Waals surface area contributed by atoms with Gasteiger partial charge in [-0.1, -0.05) is 26.0 Å². The van der Waals surface area contributed by atoms with Gasteiger partial charge < -0.3 is 9.80 Å². The van der Waals surface area contributed by atoms with Crippen LogP contribution in [0.15, 0.2) is 24.3 Å². The lowest BCUT2D eigenvalue weighted by molar-refractivity contribution is -0.132. The van der Waals surface area contributed by atoms with Crippen LogP contribution in [0.1, 0.15) is 31.7 Å². The third-order valence-corrected chi connectivity index (χ3v) is 5.03. The summed E-state index contributed by atoms with van der Waals surface area (Å²) in [6.07, 6.45) is 1.21. The Morgan fingerprint density at radius 3 is 2.52 bits per heavy atom. The van der Waals surface area contributed by atoms with E-state index in [9.17, 15) is 9.18 Å². The summed E-state index contributed by atoms with van der Waals surface area (Å²) in [6.45, 7) is 7.18. The molecule has 0 radical (unpaired) electrons. The molecule has 2 heterocycles. The lowest BCUT2D eigenvalue weighted by Crippen LogP contribution is -2.49. The van der Waals surface area contributed by atoms with E-state index in [0.717, 1.165) is 42.7 Å². The van der Waals surface area contributed by atoms with E-state index in [1.54, 1.807) is 12.1 Å². The van der Waals surface area contributed by atoms with E-state index < -0.39 is 0 Å². The summed E-state index contributed by atoms with van der Waals surface area (Å²) >= 11 is 1.39. The molecule has 0 aliphatic carbocycles. The van der Waals surface area contributed by atoms with Crippen molar-refractivity contribution in [2.24, 2.45) is 5.92 Å². The number of nitrogens with zero attached hydrogens (tertiary/aromatic N) is 4. The highest BCUT2D eigenvalue weighted by Gasteiger charge is 2.23. The van der Waals surface area contributed by atoms with Gasteiger partial charge in [-0.2, -0.15) is 4.37 Å². The van der Waals surface area contributed by atoms with E-state index in [0.29, 0.717) is 18.8 Å². The summed E-state index contributed by atoms with van der Waals surface area (Å²) in [5, 5.41) is 0.896. The van der Waals surface area contributed by atoms with E-state index >= 15 is 0 Å². The average Bonchev–Trinajstić information content (AvgIpc) is 3.05. The van der Waals surface area contributed by atoms with Gasteiger partial charge in [0.1, 0.15) is 11.6 Å². The minimum absolute atomic E-state index is 0.236. The maximum absolute atomic E-state index is 13.0. The predicted molar refractivity (Wildman–Crippen MR) is 97.4 cm³/mol. The molecule has 2 aromatic rings. The largest absolute Gasteiger partial charge is 0.343 e. The van der Waals surface area contributed by atoms with Crippen LogP contribution >= 0.6 is 11.5 Å². The molecule has 1 fully saturated rings.